The third kappa shape index (κ3) is 7.95. The Kier molecular flexibility index (Phi) is 12.2. The molecule has 2 N–H and O–H groups in total. The van der Waals surface area contributed by atoms with Crippen molar-refractivity contribution < 1.29 is 9.47 Å². The largest absolute Gasteiger partial charge is 0.383 e. The van der Waals surface area contributed by atoms with Gasteiger partial charge in [-0.2, -0.15) is 0 Å². The van der Waals surface area contributed by atoms with Crippen molar-refractivity contribution >= 4 is 29.9 Å². The topological polar surface area (TPSA) is 54.9 Å². The molecule has 0 amide bonds. The first-order valence-electron chi connectivity index (χ1n) is 7.31. The lowest BCUT2D eigenvalue weighted by atomic mass is 10.1. The second kappa shape index (κ2) is 12.7. The number of methoxy groups -OCH3 is 1. The maximum atomic E-state index is 5.50. The predicted octanol–water partition coefficient (Wildman–Crippen LogP) is 2.54. The van der Waals surface area contributed by atoms with Crippen LogP contribution in [0.2, 0.25) is 0 Å². The summed E-state index contributed by atoms with van der Waals surface area (Å²) in [5.74, 6) is 0.769. The zero-order valence-corrected chi connectivity index (χ0v) is 16.2. The van der Waals surface area contributed by atoms with Gasteiger partial charge in [-0.1, -0.05) is 24.3 Å². The van der Waals surface area contributed by atoms with Crippen LogP contribution in [0.15, 0.2) is 29.3 Å². The molecule has 1 aromatic rings. The summed E-state index contributed by atoms with van der Waals surface area (Å²) in [5.41, 5.74) is 2.42. The average Bonchev–Trinajstić information content (AvgIpc) is 2.50. The summed E-state index contributed by atoms with van der Waals surface area (Å²) in [6.45, 7) is 6.77. The van der Waals surface area contributed by atoms with E-state index < -0.39 is 0 Å². The van der Waals surface area contributed by atoms with Crippen LogP contribution in [0.4, 0.5) is 0 Å². The van der Waals surface area contributed by atoms with E-state index in [1.807, 2.05) is 19.1 Å². The van der Waals surface area contributed by atoms with Crippen molar-refractivity contribution in [1.82, 2.24) is 10.6 Å². The molecule has 0 saturated carbocycles. The summed E-state index contributed by atoms with van der Waals surface area (Å²) < 4.78 is 10.6. The van der Waals surface area contributed by atoms with E-state index in [0.29, 0.717) is 19.8 Å². The van der Waals surface area contributed by atoms with E-state index in [1.54, 1.807) is 14.2 Å². The lowest BCUT2D eigenvalue weighted by molar-refractivity contribution is 0.133. The Labute approximate surface area is 150 Å². The van der Waals surface area contributed by atoms with Crippen LogP contribution in [0.25, 0.3) is 0 Å². The Bertz CT molecular complexity index is 441. The number of aliphatic imine (C=N–C) groups is 1. The second-order valence-electron chi connectivity index (χ2n) is 4.83. The summed E-state index contributed by atoms with van der Waals surface area (Å²) in [7, 11) is 3.46. The molecule has 6 heteroatoms. The van der Waals surface area contributed by atoms with E-state index in [-0.39, 0.29) is 30.0 Å². The molecule has 0 spiro atoms. The first-order valence-corrected chi connectivity index (χ1v) is 7.31. The number of benzene rings is 1. The SMILES string of the molecule is CCOCc1ccccc1CNC(=NC)NC(C)COC.I. The van der Waals surface area contributed by atoms with Gasteiger partial charge in [0.25, 0.3) is 0 Å². The smallest absolute Gasteiger partial charge is 0.191 e. The number of nitrogens with one attached hydrogen (secondary N) is 2. The van der Waals surface area contributed by atoms with Crippen molar-refractivity contribution in [3.63, 3.8) is 0 Å². The van der Waals surface area contributed by atoms with Crippen molar-refractivity contribution in [3.05, 3.63) is 35.4 Å². The number of hydrogen-bond acceptors (Lipinski definition) is 3. The molecular weight excluding hydrogens is 393 g/mol. The van der Waals surface area contributed by atoms with Gasteiger partial charge in [0.15, 0.2) is 5.96 Å². The van der Waals surface area contributed by atoms with Crippen LogP contribution in [-0.4, -0.2) is 39.4 Å². The third-order valence-corrected chi connectivity index (χ3v) is 3.05. The molecule has 0 fully saturated rings. The number of guanidine groups is 1. The number of hydrogen-bond donors (Lipinski definition) is 2. The van der Waals surface area contributed by atoms with Gasteiger partial charge >= 0.3 is 0 Å². The van der Waals surface area contributed by atoms with Crippen LogP contribution in [0.1, 0.15) is 25.0 Å². The average molecular weight is 421 g/mol. The van der Waals surface area contributed by atoms with Crippen LogP contribution in [0, 0.1) is 0 Å². The van der Waals surface area contributed by atoms with Gasteiger partial charge in [0.05, 0.1) is 13.2 Å². The normalized spacial score (nSPS) is 12.5. The molecule has 22 heavy (non-hydrogen) atoms. The minimum Gasteiger partial charge on any atom is -0.383 e. The Balaban J connectivity index is 0.00000441. The first-order chi connectivity index (χ1) is 10.2. The maximum Gasteiger partial charge on any atom is 0.191 e. The quantitative estimate of drug-likeness (QED) is 0.385. The highest BCUT2D eigenvalue weighted by molar-refractivity contribution is 14.0. The number of ether oxygens (including phenoxy) is 2. The highest BCUT2D eigenvalue weighted by Crippen LogP contribution is 2.09. The fraction of sp³-hybridized carbons (Fsp3) is 0.562. The molecule has 0 saturated heterocycles. The van der Waals surface area contributed by atoms with Crippen molar-refractivity contribution in [2.75, 3.05) is 27.4 Å². The zero-order valence-electron chi connectivity index (χ0n) is 13.9. The minimum atomic E-state index is 0. The second-order valence-corrected chi connectivity index (χ2v) is 4.83. The number of rotatable bonds is 8. The fourth-order valence-electron chi connectivity index (χ4n) is 1.98. The van der Waals surface area contributed by atoms with Gasteiger partial charge in [-0.25, -0.2) is 0 Å². The lowest BCUT2D eigenvalue weighted by Crippen LogP contribution is -2.43. The molecule has 1 rings (SSSR count). The Morgan fingerprint density at radius 3 is 2.55 bits per heavy atom. The molecule has 5 nitrogen and oxygen atoms in total. The molecule has 0 aliphatic rings. The van der Waals surface area contributed by atoms with Crippen molar-refractivity contribution in [3.8, 4) is 0 Å². The van der Waals surface area contributed by atoms with E-state index in [4.69, 9.17) is 9.47 Å². The van der Waals surface area contributed by atoms with Gasteiger partial charge in [-0.3, -0.25) is 4.99 Å². The predicted molar refractivity (Wildman–Crippen MR) is 102 cm³/mol. The molecule has 0 aliphatic carbocycles. The highest BCUT2D eigenvalue weighted by Gasteiger charge is 2.06. The third-order valence-electron chi connectivity index (χ3n) is 3.05. The summed E-state index contributed by atoms with van der Waals surface area (Å²) in [6.07, 6.45) is 0. The molecule has 1 atom stereocenters. The van der Waals surface area contributed by atoms with Crippen LogP contribution >= 0.6 is 24.0 Å². The first kappa shape index (κ1) is 21.1. The summed E-state index contributed by atoms with van der Waals surface area (Å²) in [4.78, 5) is 4.22. The molecule has 0 aliphatic heterocycles. The van der Waals surface area contributed by atoms with E-state index >= 15 is 0 Å². The molecule has 0 bridgehead atoms. The fourth-order valence-corrected chi connectivity index (χ4v) is 1.98. The lowest BCUT2D eigenvalue weighted by Gasteiger charge is -2.18. The Morgan fingerprint density at radius 1 is 1.27 bits per heavy atom. The Hall–Kier alpha value is -0.860. The molecule has 1 aromatic carbocycles. The summed E-state index contributed by atoms with van der Waals surface area (Å²) >= 11 is 0. The van der Waals surface area contributed by atoms with E-state index in [1.165, 1.54) is 11.1 Å². The van der Waals surface area contributed by atoms with Gasteiger partial charge < -0.3 is 20.1 Å². The molecule has 0 heterocycles. The van der Waals surface area contributed by atoms with Gasteiger partial charge in [0, 0.05) is 33.4 Å². The van der Waals surface area contributed by atoms with Crippen molar-refractivity contribution in [2.24, 2.45) is 4.99 Å². The number of halogens is 1. The Morgan fingerprint density at radius 2 is 1.95 bits per heavy atom. The molecular formula is C16H28IN3O2. The van der Waals surface area contributed by atoms with E-state index in [0.717, 1.165) is 12.6 Å². The van der Waals surface area contributed by atoms with Crippen molar-refractivity contribution in [1.29, 1.82) is 0 Å². The van der Waals surface area contributed by atoms with Gasteiger partial charge in [-0.05, 0) is 25.0 Å². The van der Waals surface area contributed by atoms with Crippen molar-refractivity contribution in [2.45, 2.75) is 33.0 Å². The standard InChI is InChI=1S/C16H27N3O2.HI/c1-5-21-12-15-9-7-6-8-14(15)10-18-16(17-3)19-13(2)11-20-4;/h6-9,13H,5,10-12H2,1-4H3,(H2,17,18,19);1H. The van der Waals surface area contributed by atoms with Gasteiger partial charge in [0.1, 0.15) is 0 Å². The van der Waals surface area contributed by atoms with E-state index in [2.05, 4.69) is 34.7 Å². The molecule has 1 unspecified atom stereocenters. The van der Waals surface area contributed by atoms with Gasteiger partial charge in [-0.15, -0.1) is 24.0 Å². The monoisotopic (exact) mass is 421 g/mol. The van der Waals surface area contributed by atoms with Crippen LogP contribution in [0.3, 0.4) is 0 Å². The molecule has 126 valence electrons. The van der Waals surface area contributed by atoms with Gasteiger partial charge in [0.2, 0.25) is 0 Å². The maximum absolute atomic E-state index is 5.50. The van der Waals surface area contributed by atoms with Crippen LogP contribution < -0.4 is 10.6 Å². The highest BCUT2D eigenvalue weighted by atomic mass is 127. The number of nitrogens with zero attached hydrogens (tertiary/aromatic N) is 1. The molecule has 0 aromatic heterocycles. The van der Waals surface area contributed by atoms with Crippen LogP contribution in [-0.2, 0) is 22.6 Å². The summed E-state index contributed by atoms with van der Waals surface area (Å²) in [5, 5.41) is 6.60. The molecule has 0 radical (unpaired) electrons. The zero-order chi connectivity index (χ0) is 15.5. The van der Waals surface area contributed by atoms with E-state index in [9.17, 15) is 0 Å². The minimum absolute atomic E-state index is 0. The summed E-state index contributed by atoms with van der Waals surface area (Å²) in [6, 6.07) is 8.48. The van der Waals surface area contributed by atoms with Crippen LogP contribution in [0.5, 0.6) is 0 Å².